The van der Waals surface area contributed by atoms with Crippen LogP contribution in [0.4, 0.5) is 0 Å². The Hall–Kier alpha value is -2.71. The molecule has 0 radical (unpaired) electrons. The molecule has 2 heterocycles. The normalized spacial score (nSPS) is 16.2. The number of nitriles is 1. The van der Waals surface area contributed by atoms with Crippen LogP contribution in [-0.2, 0) is 19.5 Å². The fraction of sp³-hybridized carbons (Fsp3) is 0.435. The highest BCUT2D eigenvalue weighted by molar-refractivity contribution is 5.75. The van der Waals surface area contributed by atoms with Gasteiger partial charge in [-0.05, 0) is 62.9 Å². The maximum absolute atomic E-state index is 8.81. The standard InChI is InChI=1S/C23H27N5/c1-27(21-13-7-9-18-10-8-15-25-23(18)21)17-22-26-19-11-3-4-12-20(19)28(22)16-6-2-5-14-24/h3-4,8,10-12,15,21H,2,5-7,9,13,16-17H2,1H3. The lowest BCUT2D eigenvalue weighted by atomic mass is 9.91. The molecule has 0 N–H and O–H groups in total. The van der Waals surface area contributed by atoms with Crippen LogP contribution in [0.25, 0.3) is 11.0 Å². The van der Waals surface area contributed by atoms with Crippen LogP contribution in [0.3, 0.4) is 0 Å². The summed E-state index contributed by atoms with van der Waals surface area (Å²) in [5.41, 5.74) is 4.85. The molecule has 0 aliphatic heterocycles. The van der Waals surface area contributed by atoms with Crippen molar-refractivity contribution in [2.24, 2.45) is 0 Å². The van der Waals surface area contributed by atoms with E-state index in [-0.39, 0.29) is 0 Å². The number of pyridine rings is 1. The van der Waals surface area contributed by atoms with Crippen LogP contribution >= 0.6 is 0 Å². The SMILES string of the molecule is CN(Cc1nc2ccccc2n1CCCCC#N)C1CCCc2cccnc21. The van der Waals surface area contributed by atoms with Gasteiger partial charge in [-0.1, -0.05) is 18.2 Å². The zero-order valence-corrected chi connectivity index (χ0v) is 16.5. The van der Waals surface area contributed by atoms with Crippen molar-refractivity contribution >= 4 is 11.0 Å². The zero-order chi connectivity index (χ0) is 19.3. The number of para-hydroxylation sites is 2. The van der Waals surface area contributed by atoms with E-state index in [4.69, 9.17) is 15.2 Å². The number of rotatable bonds is 7. The number of fused-ring (bicyclic) bond motifs is 2. The van der Waals surface area contributed by atoms with Gasteiger partial charge in [-0.2, -0.15) is 5.26 Å². The third-order valence-corrected chi connectivity index (χ3v) is 5.74. The van der Waals surface area contributed by atoms with Crippen LogP contribution in [0.2, 0.25) is 0 Å². The molecule has 1 unspecified atom stereocenters. The van der Waals surface area contributed by atoms with Crippen molar-refractivity contribution in [2.45, 2.75) is 57.7 Å². The van der Waals surface area contributed by atoms with E-state index in [1.54, 1.807) is 0 Å². The number of imidazole rings is 1. The second-order valence-corrected chi connectivity index (χ2v) is 7.65. The summed E-state index contributed by atoms with van der Waals surface area (Å²) in [6.07, 6.45) is 7.94. The monoisotopic (exact) mass is 373 g/mol. The quantitative estimate of drug-likeness (QED) is 0.566. The van der Waals surface area contributed by atoms with Gasteiger partial charge in [0, 0.05) is 19.2 Å². The van der Waals surface area contributed by atoms with Crippen molar-refractivity contribution in [1.82, 2.24) is 19.4 Å². The first-order valence-corrected chi connectivity index (χ1v) is 10.2. The smallest absolute Gasteiger partial charge is 0.124 e. The molecule has 3 aromatic rings. The number of hydrogen-bond donors (Lipinski definition) is 0. The Morgan fingerprint density at radius 2 is 2.11 bits per heavy atom. The summed E-state index contributed by atoms with van der Waals surface area (Å²) < 4.78 is 2.34. The molecular formula is C23H27N5. The van der Waals surface area contributed by atoms with Gasteiger partial charge in [0.25, 0.3) is 0 Å². The van der Waals surface area contributed by atoms with E-state index in [0.29, 0.717) is 12.5 Å². The molecule has 2 aromatic heterocycles. The van der Waals surface area contributed by atoms with E-state index in [0.717, 1.165) is 50.1 Å². The van der Waals surface area contributed by atoms with Gasteiger partial charge in [-0.3, -0.25) is 9.88 Å². The molecule has 0 fully saturated rings. The topological polar surface area (TPSA) is 57.7 Å². The highest BCUT2D eigenvalue weighted by atomic mass is 15.2. The summed E-state index contributed by atoms with van der Waals surface area (Å²) >= 11 is 0. The number of nitrogens with zero attached hydrogens (tertiary/aromatic N) is 5. The summed E-state index contributed by atoms with van der Waals surface area (Å²) in [5, 5.41) is 8.81. The van der Waals surface area contributed by atoms with Crippen molar-refractivity contribution in [3.8, 4) is 6.07 Å². The molecule has 5 heteroatoms. The van der Waals surface area contributed by atoms with Gasteiger partial charge in [0.15, 0.2) is 0 Å². The van der Waals surface area contributed by atoms with Crippen LogP contribution < -0.4 is 0 Å². The van der Waals surface area contributed by atoms with Crippen molar-refractivity contribution in [1.29, 1.82) is 5.26 Å². The minimum absolute atomic E-state index is 0.344. The van der Waals surface area contributed by atoms with E-state index in [1.165, 1.54) is 23.2 Å². The van der Waals surface area contributed by atoms with E-state index >= 15 is 0 Å². The average molecular weight is 374 g/mol. The van der Waals surface area contributed by atoms with E-state index in [9.17, 15) is 0 Å². The molecule has 1 aliphatic rings. The predicted octanol–water partition coefficient (Wildman–Crippen LogP) is 4.63. The summed E-state index contributed by atoms with van der Waals surface area (Å²) in [4.78, 5) is 12.0. The Balaban J connectivity index is 1.58. The maximum atomic E-state index is 8.81. The Morgan fingerprint density at radius 1 is 1.21 bits per heavy atom. The molecule has 4 rings (SSSR count). The molecule has 144 valence electrons. The van der Waals surface area contributed by atoms with Crippen LogP contribution in [0.15, 0.2) is 42.6 Å². The molecule has 0 bridgehead atoms. The number of aryl methyl sites for hydroxylation is 2. The Labute approximate surface area is 166 Å². The third kappa shape index (κ3) is 3.79. The van der Waals surface area contributed by atoms with Crippen molar-refractivity contribution < 1.29 is 0 Å². The molecular weight excluding hydrogens is 346 g/mol. The lowest BCUT2D eigenvalue weighted by Gasteiger charge is -2.32. The van der Waals surface area contributed by atoms with Gasteiger partial charge in [0.05, 0.1) is 35.4 Å². The fourth-order valence-electron chi connectivity index (χ4n) is 4.32. The predicted molar refractivity (Wildman–Crippen MR) is 111 cm³/mol. The van der Waals surface area contributed by atoms with E-state index in [2.05, 4.69) is 46.8 Å². The third-order valence-electron chi connectivity index (χ3n) is 5.74. The Kier molecular flexibility index (Phi) is 5.68. The van der Waals surface area contributed by atoms with Gasteiger partial charge < -0.3 is 4.57 Å². The lowest BCUT2D eigenvalue weighted by molar-refractivity contribution is 0.201. The highest BCUT2D eigenvalue weighted by Gasteiger charge is 2.26. The van der Waals surface area contributed by atoms with Gasteiger partial charge in [0.1, 0.15) is 5.82 Å². The summed E-state index contributed by atoms with van der Waals surface area (Å²) in [5.74, 6) is 1.10. The lowest BCUT2D eigenvalue weighted by Crippen LogP contribution is -2.29. The number of unbranched alkanes of at least 4 members (excludes halogenated alkanes) is 2. The molecule has 1 aromatic carbocycles. The largest absolute Gasteiger partial charge is 0.327 e. The van der Waals surface area contributed by atoms with Crippen molar-refractivity contribution in [3.63, 3.8) is 0 Å². The van der Waals surface area contributed by atoms with E-state index in [1.807, 2.05) is 18.3 Å². The number of hydrogen-bond acceptors (Lipinski definition) is 4. The molecule has 1 aliphatic carbocycles. The van der Waals surface area contributed by atoms with Gasteiger partial charge in [0.2, 0.25) is 0 Å². The molecule has 0 saturated carbocycles. The van der Waals surface area contributed by atoms with E-state index < -0.39 is 0 Å². The Morgan fingerprint density at radius 3 is 3.00 bits per heavy atom. The first-order valence-electron chi connectivity index (χ1n) is 10.2. The minimum atomic E-state index is 0.344. The molecule has 5 nitrogen and oxygen atoms in total. The second kappa shape index (κ2) is 8.53. The molecule has 0 saturated heterocycles. The Bertz CT molecular complexity index is 984. The molecule has 0 spiro atoms. The van der Waals surface area contributed by atoms with Gasteiger partial charge in [-0.15, -0.1) is 0 Å². The summed E-state index contributed by atoms with van der Waals surface area (Å²) in [6, 6.07) is 15.2. The molecule has 0 amide bonds. The van der Waals surface area contributed by atoms with Crippen molar-refractivity contribution in [3.05, 3.63) is 59.7 Å². The first-order chi connectivity index (χ1) is 13.8. The minimum Gasteiger partial charge on any atom is -0.327 e. The molecule has 28 heavy (non-hydrogen) atoms. The summed E-state index contributed by atoms with van der Waals surface area (Å²) in [6.45, 7) is 1.71. The first kappa shape index (κ1) is 18.6. The van der Waals surface area contributed by atoms with Gasteiger partial charge >= 0.3 is 0 Å². The fourth-order valence-corrected chi connectivity index (χ4v) is 4.32. The van der Waals surface area contributed by atoms with Crippen LogP contribution in [-0.4, -0.2) is 26.5 Å². The second-order valence-electron chi connectivity index (χ2n) is 7.65. The zero-order valence-electron chi connectivity index (χ0n) is 16.5. The number of aromatic nitrogens is 3. The van der Waals surface area contributed by atoms with Crippen molar-refractivity contribution in [2.75, 3.05) is 7.05 Å². The molecule has 1 atom stereocenters. The highest BCUT2D eigenvalue weighted by Crippen LogP contribution is 2.33. The number of benzene rings is 1. The maximum Gasteiger partial charge on any atom is 0.124 e. The van der Waals surface area contributed by atoms with Crippen LogP contribution in [0.1, 0.15) is 55.2 Å². The summed E-state index contributed by atoms with van der Waals surface area (Å²) in [7, 11) is 2.19. The van der Waals surface area contributed by atoms with Gasteiger partial charge in [-0.25, -0.2) is 4.98 Å². The van der Waals surface area contributed by atoms with Crippen LogP contribution in [0.5, 0.6) is 0 Å². The van der Waals surface area contributed by atoms with Crippen LogP contribution in [0, 0.1) is 11.3 Å². The average Bonchev–Trinajstić information content (AvgIpc) is 3.07.